The summed E-state index contributed by atoms with van der Waals surface area (Å²) in [4.78, 5) is 1.21. The van der Waals surface area contributed by atoms with Crippen LogP contribution in [0.4, 0.5) is 0 Å². The minimum Gasteiger partial charge on any atom is -0.468 e. The van der Waals surface area contributed by atoms with Crippen molar-refractivity contribution in [1.29, 1.82) is 0 Å². The van der Waals surface area contributed by atoms with Gasteiger partial charge in [0.2, 0.25) is 0 Å². The first-order valence-electron chi connectivity index (χ1n) is 5.07. The number of nitrogens with two attached hydrogens (primary N) is 1. The standard InChI is InChI=1S/C11H19NOS/c1-4-8(2)10(12)7-14-11-5-6-13-9(11)3/h5-6,8,10H,4,7,12H2,1-3H3. The molecule has 1 rings (SSSR count). The number of rotatable bonds is 5. The average Bonchev–Trinajstić information content (AvgIpc) is 2.59. The smallest absolute Gasteiger partial charge is 0.114 e. The average molecular weight is 213 g/mol. The molecule has 0 amide bonds. The van der Waals surface area contributed by atoms with Crippen LogP contribution in [-0.2, 0) is 0 Å². The fourth-order valence-corrected chi connectivity index (χ4v) is 2.28. The van der Waals surface area contributed by atoms with Crippen molar-refractivity contribution in [3.05, 3.63) is 18.1 Å². The van der Waals surface area contributed by atoms with Crippen molar-refractivity contribution in [2.45, 2.75) is 38.1 Å². The van der Waals surface area contributed by atoms with Crippen LogP contribution >= 0.6 is 11.8 Å². The maximum Gasteiger partial charge on any atom is 0.114 e. The third kappa shape index (κ3) is 3.07. The lowest BCUT2D eigenvalue weighted by Crippen LogP contribution is -2.30. The molecule has 0 saturated heterocycles. The number of hydrogen-bond donors (Lipinski definition) is 1. The van der Waals surface area contributed by atoms with Crippen molar-refractivity contribution in [1.82, 2.24) is 0 Å². The Balaban J connectivity index is 2.37. The zero-order valence-corrected chi connectivity index (χ0v) is 9.93. The monoisotopic (exact) mass is 213 g/mol. The normalized spacial score (nSPS) is 15.4. The molecule has 0 aliphatic carbocycles. The first-order chi connectivity index (χ1) is 6.65. The highest BCUT2D eigenvalue weighted by Gasteiger charge is 2.12. The van der Waals surface area contributed by atoms with E-state index in [4.69, 9.17) is 10.2 Å². The molecule has 1 heterocycles. The van der Waals surface area contributed by atoms with Gasteiger partial charge in [-0.05, 0) is 18.9 Å². The van der Waals surface area contributed by atoms with Crippen LogP contribution < -0.4 is 5.73 Å². The summed E-state index contributed by atoms with van der Waals surface area (Å²) < 4.78 is 5.22. The van der Waals surface area contributed by atoms with Gasteiger partial charge in [0.1, 0.15) is 5.76 Å². The van der Waals surface area contributed by atoms with Gasteiger partial charge in [-0.15, -0.1) is 11.8 Å². The molecule has 2 unspecified atom stereocenters. The highest BCUT2D eigenvalue weighted by molar-refractivity contribution is 7.99. The molecule has 3 heteroatoms. The molecule has 2 atom stereocenters. The second-order valence-corrected chi connectivity index (χ2v) is 4.76. The summed E-state index contributed by atoms with van der Waals surface area (Å²) in [5, 5.41) is 0. The fraction of sp³-hybridized carbons (Fsp3) is 0.636. The van der Waals surface area contributed by atoms with Crippen LogP contribution in [0.1, 0.15) is 26.0 Å². The molecule has 1 aromatic heterocycles. The molecule has 14 heavy (non-hydrogen) atoms. The summed E-state index contributed by atoms with van der Waals surface area (Å²) in [5.74, 6) is 2.55. The Labute approximate surface area is 90.2 Å². The molecular formula is C11H19NOS. The summed E-state index contributed by atoms with van der Waals surface area (Å²) in [6.45, 7) is 6.36. The Bertz CT molecular complexity index is 272. The molecule has 0 spiro atoms. The summed E-state index contributed by atoms with van der Waals surface area (Å²) in [5.41, 5.74) is 6.04. The van der Waals surface area contributed by atoms with E-state index in [1.807, 2.05) is 13.0 Å². The molecule has 0 radical (unpaired) electrons. The molecular weight excluding hydrogens is 194 g/mol. The van der Waals surface area contributed by atoms with Crippen LogP contribution in [0, 0.1) is 12.8 Å². The quantitative estimate of drug-likeness (QED) is 0.764. The van der Waals surface area contributed by atoms with Gasteiger partial charge in [-0.2, -0.15) is 0 Å². The summed E-state index contributed by atoms with van der Waals surface area (Å²) in [7, 11) is 0. The predicted octanol–water partition coefficient (Wildman–Crippen LogP) is 3.05. The van der Waals surface area contributed by atoms with Crippen LogP contribution in [0.3, 0.4) is 0 Å². The lowest BCUT2D eigenvalue weighted by Gasteiger charge is -2.17. The van der Waals surface area contributed by atoms with E-state index < -0.39 is 0 Å². The number of hydrogen-bond acceptors (Lipinski definition) is 3. The van der Waals surface area contributed by atoms with Crippen LogP contribution in [0.5, 0.6) is 0 Å². The fourth-order valence-electron chi connectivity index (χ4n) is 1.18. The lowest BCUT2D eigenvalue weighted by atomic mass is 10.0. The molecule has 1 aromatic rings. The van der Waals surface area contributed by atoms with Gasteiger partial charge < -0.3 is 10.2 Å². The maximum absolute atomic E-state index is 6.04. The summed E-state index contributed by atoms with van der Waals surface area (Å²) in [6.07, 6.45) is 2.87. The van der Waals surface area contributed by atoms with Gasteiger partial charge in [-0.3, -0.25) is 0 Å². The van der Waals surface area contributed by atoms with Crippen molar-refractivity contribution < 1.29 is 4.42 Å². The molecule has 0 aromatic carbocycles. The zero-order chi connectivity index (χ0) is 10.6. The third-order valence-corrected chi connectivity index (χ3v) is 3.90. The molecule has 80 valence electrons. The van der Waals surface area contributed by atoms with Crippen LogP contribution in [0.15, 0.2) is 21.6 Å². The summed E-state index contributed by atoms with van der Waals surface area (Å²) in [6, 6.07) is 2.28. The van der Waals surface area contributed by atoms with Gasteiger partial charge in [0.05, 0.1) is 6.26 Å². The highest BCUT2D eigenvalue weighted by Crippen LogP contribution is 2.24. The third-order valence-electron chi connectivity index (χ3n) is 2.62. The van der Waals surface area contributed by atoms with Crippen molar-refractivity contribution in [2.75, 3.05) is 5.75 Å². The minimum absolute atomic E-state index is 0.277. The molecule has 0 aliphatic heterocycles. The molecule has 0 bridgehead atoms. The largest absolute Gasteiger partial charge is 0.468 e. The predicted molar refractivity (Wildman–Crippen MR) is 61.6 cm³/mol. The van der Waals surface area contributed by atoms with E-state index in [0.29, 0.717) is 5.92 Å². The second-order valence-electron chi connectivity index (χ2n) is 3.70. The number of furan rings is 1. The van der Waals surface area contributed by atoms with E-state index in [1.165, 1.54) is 4.90 Å². The van der Waals surface area contributed by atoms with E-state index >= 15 is 0 Å². The van der Waals surface area contributed by atoms with E-state index in [0.717, 1.165) is 17.9 Å². The highest BCUT2D eigenvalue weighted by atomic mass is 32.2. The second kappa shape index (κ2) is 5.47. The Morgan fingerprint density at radius 3 is 2.79 bits per heavy atom. The Kier molecular flexibility index (Phi) is 4.55. The molecule has 0 saturated carbocycles. The Morgan fingerprint density at radius 2 is 2.29 bits per heavy atom. The molecule has 2 nitrogen and oxygen atoms in total. The first-order valence-corrected chi connectivity index (χ1v) is 6.06. The Morgan fingerprint density at radius 1 is 1.57 bits per heavy atom. The zero-order valence-electron chi connectivity index (χ0n) is 9.12. The van der Waals surface area contributed by atoms with Gasteiger partial charge in [-0.25, -0.2) is 0 Å². The summed E-state index contributed by atoms with van der Waals surface area (Å²) >= 11 is 1.79. The van der Waals surface area contributed by atoms with Crippen molar-refractivity contribution >= 4 is 11.8 Å². The van der Waals surface area contributed by atoms with Gasteiger partial charge >= 0.3 is 0 Å². The van der Waals surface area contributed by atoms with Crippen molar-refractivity contribution in [3.8, 4) is 0 Å². The van der Waals surface area contributed by atoms with Gasteiger partial charge in [-0.1, -0.05) is 20.3 Å². The SMILES string of the molecule is CCC(C)C(N)CSc1ccoc1C. The van der Waals surface area contributed by atoms with Crippen LogP contribution in [0.25, 0.3) is 0 Å². The number of aryl methyl sites for hydroxylation is 1. The first kappa shape index (κ1) is 11.7. The van der Waals surface area contributed by atoms with E-state index in [1.54, 1.807) is 18.0 Å². The van der Waals surface area contributed by atoms with Crippen molar-refractivity contribution in [3.63, 3.8) is 0 Å². The Hall–Kier alpha value is -0.410. The molecule has 0 fully saturated rings. The van der Waals surface area contributed by atoms with Gasteiger partial charge in [0.25, 0.3) is 0 Å². The minimum atomic E-state index is 0.277. The topological polar surface area (TPSA) is 39.2 Å². The van der Waals surface area contributed by atoms with Crippen molar-refractivity contribution in [2.24, 2.45) is 11.7 Å². The van der Waals surface area contributed by atoms with E-state index in [9.17, 15) is 0 Å². The number of thioether (sulfide) groups is 1. The van der Waals surface area contributed by atoms with Gasteiger partial charge in [0.15, 0.2) is 0 Å². The maximum atomic E-state index is 6.04. The van der Waals surface area contributed by atoms with Crippen LogP contribution in [-0.4, -0.2) is 11.8 Å². The van der Waals surface area contributed by atoms with Gasteiger partial charge in [0, 0.05) is 16.7 Å². The van der Waals surface area contributed by atoms with E-state index in [2.05, 4.69) is 13.8 Å². The molecule has 2 N–H and O–H groups in total. The molecule has 0 aliphatic rings. The lowest BCUT2D eigenvalue weighted by molar-refractivity contribution is 0.475. The van der Waals surface area contributed by atoms with Crippen LogP contribution in [0.2, 0.25) is 0 Å². The van der Waals surface area contributed by atoms with E-state index in [-0.39, 0.29) is 6.04 Å².